The van der Waals surface area contributed by atoms with Crippen LogP contribution < -0.4 is 5.73 Å². The molecule has 1 saturated heterocycles. The molecule has 2 unspecified atom stereocenters. The zero-order valence-electron chi connectivity index (χ0n) is 14.1. The molecule has 1 aromatic carbocycles. The Bertz CT molecular complexity index is 723. The minimum Gasteiger partial charge on any atom is -0.341 e. The number of rotatable bonds is 3. The summed E-state index contributed by atoms with van der Waals surface area (Å²) in [5.74, 6) is -0.411. The van der Waals surface area contributed by atoms with Crippen molar-refractivity contribution in [1.29, 1.82) is 0 Å². The summed E-state index contributed by atoms with van der Waals surface area (Å²) in [6.45, 7) is 1.54. The molecule has 138 valence electrons. The van der Waals surface area contributed by atoms with Crippen molar-refractivity contribution >= 4 is 15.9 Å². The normalized spacial score (nSPS) is 25.8. The van der Waals surface area contributed by atoms with Gasteiger partial charge in [0.1, 0.15) is 5.82 Å². The van der Waals surface area contributed by atoms with Crippen molar-refractivity contribution in [3.05, 3.63) is 30.1 Å². The Morgan fingerprint density at radius 1 is 1.08 bits per heavy atom. The first kappa shape index (κ1) is 18.3. The average molecular weight is 369 g/mol. The Morgan fingerprint density at radius 2 is 1.80 bits per heavy atom. The van der Waals surface area contributed by atoms with E-state index in [-0.39, 0.29) is 29.3 Å². The van der Waals surface area contributed by atoms with Crippen molar-refractivity contribution in [3.8, 4) is 0 Å². The van der Waals surface area contributed by atoms with E-state index in [1.54, 1.807) is 4.90 Å². The summed E-state index contributed by atoms with van der Waals surface area (Å²) >= 11 is 0. The lowest BCUT2D eigenvalue weighted by atomic mass is 10.1. The summed E-state index contributed by atoms with van der Waals surface area (Å²) in [5.41, 5.74) is 5.89. The highest BCUT2D eigenvalue weighted by Crippen LogP contribution is 2.27. The first-order chi connectivity index (χ1) is 11.9. The first-order valence-electron chi connectivity index (χ1n) is 8.68. The first-order valence-corrected chi connectivity index (χ1v) is 10.1. The maximum atomic E-state index is 13.0. The highest BCUT2D eigenvalue weighted by molar-refractivity contribution is 7.89. The van der Waals surface area contributed by atoms with Crippen molar-refractivity contribution < 1.29 is 17.6 Å². The van der Waals surface area contributed by atoms with Gasteiger partial charge < -0.3 is 10.6 Å². The molecule has 3 rings (SSSR count). The van der Waals surface area contributed by atoms with E-state index in [0.717, 1.165) is 25.0 Å². The van der Waals surface area contributed by atoms with Crippen molar-refractivity contribution in [2.75, 3.05) is 26.2 Å². The van der Waals surface area contributed by atoms with Crippen LogP contribution in [0.25, 0.3) is 0 Å². The SMILES string of the molecule is NC1CCC(C(=O)N2CCCN(S(=O)(=O)c3ccc(F)cc3)CC2)C1. The van der Waals surface area contributed by atoms with Crippen LogP contribution in [0.5, 0.6) is 0 Å². The highest BCUT2D eigenvalue weighted by Gasteiger charge is 2.33. The minimum atomic E-state index is -3.67. The van der Waals surface area contributed by atoms with Crippen LogP contribution in [-0.4, -0.2) is 55.8 Å². The van der Waals surface area contributed by atoms with E-state index in [9.17, 15) is 17.6 Å². The number of benzene rings is 1. The number of carbonyl (C=O) groups is 1. The number of nitrogens with zero attached hydrogens (tertiary/aromatic N) is 2. The molecule has 1 heterocycles. The fraction of sp³-hybridized carbons (Fsp3) is 0.588. The minimum absolute atomic E-state index is 0.0322. The number of hydrogen-bond donors (Lipinski definition) is 1. The Labute approximate surface area is 147 Å². The number of halogens is 1. The van der Waals surface area contributed by atoms with E-state index in [1.807, 2.05) is 0 Å². The number of hydrogen-bond acceptors (Lipinski definition) is 4. The van der Waals surface area contributed by atoms with Crippen LogP contribution in [0.2, 0.25) is 0 Å². The summed E-state index contributed by atoms with van der Waals surface area (Å²) in [5, 5.41) is 0. The van der Waals surface area contributed by atoms with E-state index in [1.165, 1.54) is 16.4 Å². The molecule has 0 spiro atoms. The molecule has 1 saturated carbocycles. The van der Waals surface area contributed by atoms with Crippen LogP contribution in [0, 0.1) is 11.7 Å². The number of carbonyl (C=O) groups excluding carboxylic acids is 1. The second-order valence-electron chi connectivity index (χ2n) is 6.81. The van der Waals surface area contributed by atoms with E-state index in [2.05, 4.69) is 0 Å². The zero-order chi connectivity index (χ0) is 18.0. The van der Waals surface area contributed by atoms with Gasteiger partial charge in [0.2, 0.25) is 15.9 Å². The molecular formula is C17H24FN3O3S. The molecule has 6 nitrogen and oxygen atoms in total. The number of amides is 1. The molecule has 1 amide bonds. The largest absolute Gasteiger partial charge is 0.341 e. The van der Waals surface area contributed by atoms with Gasteiger partial charge in [-0.3, -0.25) is 4.79 Å². The molecule has 1 aromatic rings. The Balaban J connectivity index is 1.67. The quantitative estimate of drug-likeness (QED) is 0.867. The molecule has 8 heteroatoms. The molecule has 0 aromatic heterocycles. The lowest BCUT2D eigenvalue weighted by Gasteiger charge is -2.24. The van der Waals surface area contributed by atoms with Crippen LogP contribution in [-0.2, 0) is 14.8 Å². The maximum absolute atomic E-state index is 13.0. The molecule has 1 aliphatic carbocycles. The molecule has 0 radical (unpaired) electrons. The van der Waals surface area contributed by atoms with Crippen LogP contribution in [0.1, 0.15) is 25.7 Å². The average Bonchev–Trinajstić information content (AvgIpc) is 2.86. The third-order valence-corrected chi connectivity index (χ3v) is 6.95. The highest BCUT2D eigenvalue weighted by atomic mass is 32.2. The standard InChI is InChI=1S/C17H24FN3O3S/c18-14-3-6-16(7-4-14)25(23,24)21-9-1-8-20(10-11-21)17(22)13-2-5-15(19)12-13/h3-4,6-7,13,15H,1-2,5,8-12,19H2. The van der Waals surface area contributed by atoms with E-state index in [0.29, 0.717) is 32.5 Å². The molecule has 1 aliphatic heterocycles. The molecule has 25 heavy (non-hydrogen) atoms. The summed E-state index contributed by atoms with van der Waals surface area (Å²) in [4.78, 5) is 14.5. The van der Waals surface area contributed by atoms with Gasteiger partial charge in [-0.2, -0.15) is 4.31 Å². The number of nitrogens with two attached hydrogens (primary N) is 1. The van der Waals surface area contributed by atoms with E-state index < -0.39 is 15.8 Å². The third kappa shape index (κ3) is 4.02. The molecule has 2 aliphatic rings. The van der Waals surface area contributed by atoms with Crippen molar-refractivity contribution in [3.63, 3.8) is 0 Å². The summed E-state index contributed by atoms with van der Waals surface area (Å²) in [7, 11) is -3.67. The van der Waals surface area contributed by atoms with Gasteiger partial charge >= 0.3 is 0 Å². The van der Waals surface area contributed by atoms with E-state index in [4.69, 9.17) is 5.73 Å². The lowest BCUT2D eigenvalue weighted by Crippen LogP contribution is -2.39. The third-order valence-electron chi connectivity index (χ3n) is 5.04. The Morgan fingerprint density at radius 3 is 2.44 bits per heavy atom. The van der Waals surface area contributed by atoms with Gasteiger partial charge in [0.05, 0.1) is 4.90 Å². The van der Waals surface area contributed by atoms with Crippen molar-refractivity contribution in [1.82, 2.24) is 9.21 Å². The monoisotopic (exact) mass is 369 g/mol. The zero-order valence-corrected chi connectivity index (χ0v) is 14.9. The van der Waals surface area contributed by atoms with Gasteiger partial charge in [-0.1, -0.05) is 0 Å². The smallest absolute Gasteiger partial charge is 0.243 e. The molecule has 2 fully saturated rings. The van der Waals surface area contributed by atoms with Gasteiger partial charge in [0, 0.05) is 38.1 Å². The van der Waals surface area contributed by atoms with Crippen molar-refractivity contribution in [2.45, 2.75) is 36.6 Å². The van der Waals surface area contributed by atoms with Gasteiger partial charge in [0.25, 0.3) is 0 Å². The van der Waals surface area contributed by atoms with Crippen molar-refractivity contribution in [2.24, 2.45) is 11.7 Å². The number of sulfonamides is 1. The Kier molecular flexibility index (Phi) is 5.41. The maximum Gasteiger partial charge on any atom is 0.243 e. The van der Waals surface area contributed by atoms with Gasteiger partial charge in [0.15, 0.2) is 0 Å². The summed E-state index contributed by atoms with van der Waals surface area (Å²) in [6.07, 6.45) is 2.99. The molecule has 2 atom stereocenters. The summed E-state index contributed by atoms with van der Waals surface area (Å²) in [6, 6.07) is 4.93. The second kappa shape index (κ2) is 7.39. The summed E-state index contributed by atoms with van der Waals surface area (Å²) < 4.78 is 39.8. The van der Waals surface area contributed by atoms with Gasteiger partial charge in [-0.15, -0.1) is 0 Å². The van der Waals surface area contributed by atoms with Crippen LogP contribution in [0.3, 0.4) is 0 Å². The second-order valence-corrected chi connectivity index (χ2v) is 8.74. The fourth-order valence-electron chi connectivity index (χ4n) is 3.61. The van der Waals surface area contributed by atoms with Gasteiger partial charge in [-0.05, 0) is 49.9 Å². The van der Waals surface area contributed by atoms with Crippen LogP contribution in [0.15, 0.2) is 29.2 Å². The molecule has 0 bridgehead atoms. The predicted molar refractivity (Wildman–Crippen MR) is 91.7 cm³/mol. The Hall–Kier alpha value is -1.51. The topological polar surface area (TPSA) is 83.7 Å². The lowest BCUT2D eigenvalue weighted by molar-refractivity contribution is -0.135. The fourth-order valence-corrected chi connectivity index (χ4v) is 5.08. The molecular weight excluding hydrogens is 345 g/mol. The predicted octanol–water partition coefficient (Wildman–Crippen LogP) is 1.18. The van der Waals surface area contributed by atoms with Gasteiger partial charge in [-0.25, -0.2) is 12.8 Å². The van der Waals surface area contributed by atoms with Crippen LogP contribution >= 0.6 is 0 Å². The van der Waals surface area contributed by atoms with E-state index >= 15 is 0 Å². The van der Waals surface area contributed by atoms with Crippen LogP contribution in [0.4, 0.5) is 4.39 Å². The molecule has 2 N–H and O–H groups in total.